The number of para-hydroxylation sites is 1. The Morgan fingerprint density at radius 2 is 2.00 bits per heavy atom. The Bertz CT molecular complexity index is 927. The average molecular weight is 396 g/mol. The van der Waals surface area contributed by atoms with E-state index in [0.717, 1.165) is 40.6 Å². The number of nitrogens with zero attached hydrogens (tertiary/aromatic N) is 1. The van der Waals surface area contributed by atoms with Crippen molar-refractivity contribution >= 4 is 28.7 Å². The first-order valence-corrected chi connectivity index (χ1v) is 10.5. The van der Waals surface area contributed by atoms with Crippen molar-refractivity contribution in [3.8, 4) is 0 Å². The van der Waals surface area contributed by atoms with E-state index in [4.69, 9.17) is 0 Å². The van der Waals surface area contributed by atoms with Gasteiger partial charge in [-0.15, -0.1) is 0 Å². The molecule has 2 aliphatic rings. The van der Waals surface area contributed by atoms with Crippen LogP contribution in [0.5, 0.6) is 0 Å². The van der Waals surface area contributed by atoms with Gasteiger partial charge in [-0.1, -0.05) is 31.5 Å². The molecular weight excluding hydrogens is 368 g/mol. The Hall–Kier alpha value is -2.83. The summed E-state index contributed by atoms with van der Waals surface area (Å²) in [5, 5.41) is 6.84. The van der Waals surface area contributed by atoms with Crippen LogP contribution in [0.1, 0.15) is 44.6 Å². The summed E-state index contributed by atoms with van der Waals surface area (Å²) in [6.07, 6.45) is 6.92. The SMILES string of the molecule is CCC1CCC2(CC1)NC(=O)N(CC(=O)NCCc1c[nH]c3ccccc13)C2=O. The fourth-order valence-electron chi connectivity index (χ4n) is 4.61. The summed E-state index contributed by atoms with van der Waals surface area (Å²) in [6.45, 7) is 2.38. The van der Waals surface area contributed by atoms with Gasteiger partial charge in [-0.3, -0.25) is 14.5 Å². The Kier molecular flexibility index (Phi) is 5.30. The van der Waals surface area contributed by atoms with Gasteiger partial charge in [0.15, 0.2) is 0 Å². The summed E-state index contributed by atoms with van der Waals surface area (Å²) in [6, 6.07) is 7.57. The van der Waals surface area contributed by atoms with E-state index < -0.39 is 11.6 Å². The lowest BCUT2D eigenvalue weighted by molar-refractivity contribution is -0.136. The lowest BCUT2D eigenvalue weighted by Gasteiger charge is -2.34. The van der Waals surface area contributed by atoms with Crippen LogP contribution in [0, 0.1) is 5.92 Å². The predicted octanol–water partition coefficient (Wildman–Crippen LogP) is 2.72. The van der Waals surface area contributed by atoms with E-state index in [9.17, 15) is 14.4 Å². The van der Waals surface area contributed by atoms with Crippen molar-refractivity contribution in [2.45, 2.75) is 51.0 Å². The molecule has 29 heavy (non-hydrogen) atoms. The van der Waals surface area contributed by atoms with Crippen molar-refractivity contribution in [3.05, 3.63) is 36.0 Å². The highest BCUT2D eigenvalue weighted by Crippen LogP contribution is 2.37. The second-order valence-electron chi connectivity index (χ2n) is 8.21. The second-order valence-corrected chi connectivity index (χ2v) is 8.21. The largest absolute Gasteiger partial charge is 0.361 e. The molecule has 0 atom stereocenters. The van der Waals surface area contributed by atoms with Gasteiger partial charge in [-0.25, -0.2) is 4.79 Å². The van der Waals surface area contributed by atoms with Crippen molar-refractivity contribution < 1.29 is 14.4 Å². The number of aromatic amines is 1. The van der Waals surface area contributed by atoms with Crippen LogP contribution in [0.4, 0.5) is 4.79 Å². The number of carbonyl (C=O) groups excluding carboxylic acids is 3. The molecule has 0 bridgehead atoms. The summed E-state index contributed by atoms with van der Waals surface area (Å²) in [5.74, 6) is 0.0589. The number of imide groups is 1. The van der Waals surface area contributed by atoms with E-state index in [1.807, 2.05) is 30.5 Å². The first-order chi connectivity index (χ1) is 14.0. The molecule has 1 aliphatic carbocycles. The molecule has 1 aromatic heterocycles. The first kappa shape index (κ1) is 19.5. The molecular formula is C22H28N4O3. The monoisotopic (exact) mass is 396 g/mol. The fourth-order valence-corrected chi connectivity index (χ4v) is 4.61. The Balaban J connectivity index is 1.30. The zero-order valence-electron chi connectivity index (χ0n) is 16.8. The number of aromatic nitrogens is 1. The highest BCUT2D eigenvalue weighted by molar-refractivity contribution is 6.09. The van der Waals surface area contributed by atoms with Crippen molar-refractivity contribution in [1.29, 1.82) is 0 Å². The molecule has 154 valence electrons. The van der Waals surface area contributed by atoms with Crippen LogP contribution in [0.2, 0.25) is 0 Å². The van der Waals surface area contributed by atoms with E-state index in [-0.39, 0.29) is 18.4 Å². The molecule has 1 aliphatic heterocycles. The van der Waals surface area contributed by atoms with E-state index in [0.29, 0.717) is 31.7 Å². The maximum absolute atomic E-state index is 12.9. The molecule has 1 aromatic carbocycles. The van der Waals surface area contributed by atoms with E-state index in [2.05, 4.69) is 22.5 Å². The molecule has 1 saturated heterocycles. The molecule has 1 saturated carbocycles. The van der Waals surface area contributed by atoms with E-state index in [1.54, 1.807) is 0 Å². The summed E-state index contributed by atoms with van der Waals surface area (Å²) in [5.41, 5.74) is 1.39. The maximum atomic E-state index is 12.9. The molecule has 2 heterocycles. The highest BCUT2D eigenvalue weighted by Gasteiger charge is 2.52. The number of carbonyl (C=O) groups is 3. The minimum Gasteiger partial charge on any atom is -0.361 e. The normalized spacial score (nSPS) is 24.3. The molecule has 2 fully saturated rings. The number of fused-ring (bicyclic) bond motifs is 1. The van der Waals surface area contributed by atoms with Gasteiger partial charge in [-0.05, 0) is 49.7 Å². The van der Waals surface area contributed by atoms with Crippen LogP contribution >= 0.6 is 0 Å². The first-order valence-electron chi connectivity index (χ1n) is 10.5. The van der Waals surface area contributed by atoms with Gasteiger partial charge in [0.25, 0.3) is 5.91 Å². The summed E-state index contributed by atoms with van der Waals surface area (Å²) < 4.78 is 0. The van der Waals surface area contributed by atoms with Crippen LogP contribution in [0.25, 0.3) is 10.9 Å². The van der Waals surface area contributed by atoms with Gasteiger partial charge in [0.1, 0.15) is 12.1 Å². The third kappa shape index (κ3) is 3.73. The van der Waals surface area contributed by atoms with Crippen LogP contribution in [0.15, 0.2) is 30.5 Å². The van der Waals surface area contributed by atoms with Crippen LogP contribution in [-0.4, -0.2) is 46.4 Å². The smallest absolute Gasteiger partial charge is 0.325 e. The average Bonchev–Trinajstić information content (AvgIpc) is 3.24. The molecule has 2 aromatic rings. The molecule has 4 rings (SSSR count). The quantitative estimate of drug-likeness (QED) is 0.655. The summed E-state index contributed by atoms with van der Waals surface area (Å²) in [4.78, 5) is 41.9. The zero-order valence-corrected chi connectivity index (χ0v) is 16.8. The predicted molar refractivity (Wildman–Crippen MR) is 110 cm³/mol. The molecule has 4 amide bonds. The number of urea groups is 1. The number of hydrogen-bond acceptors (Lipinski definition) is 3. The Labute approximate surface area is 170 Å². The zero-order chi connectivity index (χ0) is 20.4. The van der Waals surface area contributed by atoms with Gasteiger partial charge in [0.2, 0.25) is 5.91 Å². The molecule has 3 N–H and O–H groups in total. The van der Waals surface area contributed by atoms with Gasteiger partial charge in [-0.2, -0.15) is 0 Å². The lowest BCUT2D eigenvalue weighted by Crippen LogP contribution is -2.50. The third-order valence-corrected chi connectivity index (χ3v) is 6.48. The topological polar surface area (TPSA) is 94.3 Å². The van der Waals surface area contributed by atoms with Gasteiger partial charge < -0.3 is 15.6 Å². The van der Waals surface area contributed by atoms with Gasteiger partial charge in [0.05, 0.1) is 0 Å². The standard InChI is InChI=1S/C22H28N4O3/c1-2-15-7-10-22(11-8-15)20(28)26(21(29)25-22)14-19(27)23-12-9-16-13-24-18-6-4-3-5-17(16)18/h3-6,13,15,24H,2,7-12,14H2,1H3,(H,23,27)(H,25,29). The second kappa shape index (κ2) is 7.89. The number of H-pyrrole nitrogens is 1. The van der Waals surface area contributed by atoms with Crippen LogP contribution < -0.4 is 10.6 Å². The van der Waals surface area contributed by atoms with Crippen molar-refractivity contribution in [2.24, 2.45) is 5.92 Å². The Morgan fingerprint density at radius 3 is 2.76 bits per heavy atom. The molecule has 7 heteroatoms. The number of benzene rings is 1. The number of amides is 4. The van der Waals surface area contributed by atoms with Crippen LogP contribution in [0.3, 0.4) is 0 Å². The molecule has 7 nitrogen and oxygen atoms in total. The summed E-state index contributed by atoms with van der Waals surface area (Å²) in [7, 11) is 0. The van der Waals surface area contributed by atoms with Crippen molar-refractivity contribution in [2.75, 3.05) is 13.1 Å². The number of hydrogen-bond donors (Lipinski definition) is 3. The molecule has 1 spiro atoms. The lowest BCUT2D eigenvalue weighted by atomic mass is 9.75. The maximum Gasteiger partial charge on any atom is 0.325 e. The third-order valence-electron chi connectivity index (χ3n) is 6.48. The summed E-state index contributed by atoms with van der Waals surface area (Å²) >= 11 is 0. The minimum atomic E-state index is -0.799. The van der Waals surface area contributed by atoms with Gasteiger partial charge in [0, 0.05) is 23.6 Å². The highest BCUT2D eigenvalue weighted by atomic mass is 16.2. The van der Waals surface area contributed by atoms with E-state index >= 15 is 0 Å². The van der Waals surface area contributed by atoms with Crippen molar-refractivity contribution in [3.63, 3.8) is 0 Å². The Morgan fingerprint density at radius 1 is 1.24 bits per heavy atom. The minimum absolute atomic E-state index is 0.225. The van der Waals surface area contributed by atoms with Crippen LogP contribution in [-0.2, 0) is 16.0 Å². The molecule has 0 radical (unpaired) electrons. The number of nitrogens with one attached hydrogen (secondary N) is 3. The fraction of sp³-hybridized carbons (Fsp3) is 0.500. The number of rotatable bonds is 6. The van der Waals surface area contributed by atoms with Crippen molar-refractivity contribution in [1.82, 2.24) is 20.5 Å². The van der Waals surface area contributed by atoms with E-state index in [1.165, 1.54) is 0 Å². The molecule has 0 unspecified atom stereocenters. The van der Waals surface area contributed by atoms with Gasteiger partial charge >= 0.3 is 6.03 Å².